The van der Waals surface area contributed by atoms with Gasteiger partial charge in [-0.15, -0.1) is 11.8 Å². The maximum Gasteiger partial charge on any atom is 0.115 e. The highest BCUT2D eigenvalue weighted by Gasteiger charge is 2.04. The van der Waals surface area contributed by atoms with Gasteiger partial charge in [0.05, 0.1) is 5.02 Å². The molecule has 0 amide bonds. The Morgan fingerprint density at radius 1 is 1.69 bits per heavy atom. The van der Waals surface area contributed by atoms with Crippen molar-refractivity contribution in [3.8, 4) is 0 Å². The van der Waals surface area contributed by atoms with Crippen LogP contribution in [0.1, 0.15) is 6.92 Å². The second-order valence-electron chi connectivity index (χ2n) is 2.89. The Bertz CT molecular complexity index is 270. The van der Waals surface area contributed by atoms with E-state index in [1.807, 2.05) is 19.1 Å². The predicted octanol–water partition coefficient (Wildman–Crippen LogP) is 2.46. The number of hydrogen-bond acceptors (Lipinski definition) is 3. The van der Waals surface area contributed by atoms with Gasteiger partial charge >= 0.3 is 0 Å². The number of hydrogen-bond donors (Lipinski definition) is 1. The van der Waals surface area contributed by atoms with Crippen molar-refractivity contribution in [3.63, 3.8) is 0 Å². The number of nitrogens with zero attached hydrogens (tertiary/aromatic N) is 1. The molecule has 4 heteroatoms. The molecular formula is C9H12ClNOS. The molecule has 0 fully saturated rings. The predicted molar refractivity (Wildman–Crippen MR) is 56.2 cm³/mol. The number of thioether (sulfide) groups is 1. The molecular weight excluding hydrogens is 206 g/mol. The van der Waals surface area contributed by atoms with Crippen LogP contribution in [0.25, 0.3) is 0 Å². The van der Waals surface area contributed by atoms with Crippen LogP contribution in [0.2, 0.25) is 5.02 Å². The van der Waals surface area contributed by atoms with Gasteiger partial charge < -0.3 is 5.11 Å². The molecule has 1 rings (SSSR count). The van der Waals surface area contributed by atoms with Crippen molar-refractivity contribution < 1.29 is 5.11 Å². The minimum Gasteiger partial charge on any atom is -0.396 e. The molecule has 0 bridgehead atoms. The van der Waals surface area contributed by atoms with Crippen molar-refractivity contribution in [1.82, 2.24) is 4.98 Å². The zero-order valence-electron chi connectivity index (χ0n) is 7.40. The average Bonchev–Trinajstić information content (AvgIpc) is 2.16. The summed E-state index contributed by atoms with van der Waals surface area (Å²) >= 11 is 7.48. The van der Waals surface area contributed by atoms with Gasteiger partial charge in [-0.25, -0.2) is 4.98 Å². The molecule has 0 aliphatic rings. The first-order valence-electron chi connectivity index (χ1n) is 4.08. The third-order valence-electron chi connectivity index (χ3n) is 1.54. The van der Waals surface area contributed by atoms with Gasteiger partial charge in [0.25, 0.3) is 0 Å². The lowest BCUT2D eigenvalue weighted by Crippen LogP contribution is -2.03. The van der Waals surface area contributed by atoms with Crippen molar-refractivity contribution in [2.75, 3.05) is 12.4 Å². The van der Waals surface area contributed by atoms with Crippen LogP contribution in [0, 0.1) is 5.92 Å². The van der Waals surface area contributed by atoms with Crippen LogP contribution in [-0.4, -0.2) is 22.5 Å². The molecule has 0 saturated heterocycles. The molecule has 1 N–H and O–H groups in total. The van der Waals surface area contributed by atoms with E-state index in [0.717, 1.165) is 10.8 Å². The minimum absolute atomic E-state index is 0.206. The van der Waals surface area contributed by atoms with Crippen LogP contribution in [-0.2, 0) is 0 Å². The van der Waals surface area contributed by atoms with Crippen LogP contribution < -0.4 is 0 Å². The van der Waals surface area contributed by atoms with Crippen LogP contribution in [0.4, 0.5) is 0 Å². The van der Waals surface area contributed by atoms with E-state index in [-0.39, 0.29) is 12.5 Å². The van der Waals surface area contributed by atoms with Crippen LogP contribution in [0.3, 0.4) is 0 Å². The smallest absolute Gasteiger partial charge is 0.115 e. The summed E-state index contributed by atoms with van der Waals surface area (Å²) in [6.45, 7) is 2.20. The highest BCUT2D eigenvalue weighted by atomic mass is 35.5. The Kier molecular flexibility index (Phi) is 4.56. The van der Waals surface area contributed by atoms with E-state index in [4.69, 9.17) is 16.7 Å². The van der Waals surface area contributed by atoms with Crippen LogP contribution >= 0.6 is 23.4 Å². The van der Waals surface area contributed by atoms with Crippen molar-refractivity contribution >= 4 is 23.4 Å². The van der Waals surface area contributed by atoms with Crippen LogP contribution in [0.5, 0.6) is 0 Å². The van der Waals surface area contributed by atoms with Gasteiger partial charge in [-0.3, -0.25) is 0 Å². The Labute approximate surface area is 87.3 Å². The van der Waals surface area contributed by atoms with E-state index in [2.05, 4.69) is 4.98 Å². The molecule has 1 unspecified atom stereocenters. The van der Waals surface area contributed by atoms with Crippen molar-refractivity contribution in [2.45, 2.75) is 11.9 Å². The van der Waals surface area contributed by atoms with E-state index in [1.54, 1.807) is 18.0 Å². The molecule has 0 aliphatic heterocycles. The number of aliphatic hydroxyl groups is 1. The Morgan fingerprint density at radius 2 is 2.46 bits per heavy atom. The second-order valence-corrected chi connectivity index (χ2v) is 4.31. The Hall–Kier alpha value is -0.250. The van der Waals surface area contributed by atoms with Gasteiger partial charge in [0.15, 0.2) is 0 Å². The molecule has 1 aromatic heterocycles. The quantitative estimate of drug-likeness (QED) is 0.787. The first-order chi connectivity index (χ1) is 6.24. The summed E-state index contributed by atoms with van der Waals surface area (Å²) in [5, 5.41) is 10.3. The molecule has 1 heterocycles. The number of aromatic nitrogens is 1. The largest absolute Gasteiger partial charge is 0.396 e. The summed E-state index contributed by atoms with van der Waals surface area (Å²) in [6.07, 6.45) is 1.72. The third kappa shape index (κ3) is 3.55. The number of halogens is 1. The van der Waals surface area contributed by atoms with Gasteiger partial charge in [0, 0.05) is 18.6 Å². The van der Waals surface area contributed by atoms with Gasteiger partial charge in [0.1, 0.15) is 5.03 Å². The zero-order chi connectivity index (χ0) is 9.68. The molecule has 0 aliphatic carbocycles. The van der Waals surface area contributed by atoms with Crippen LogP contribution in [0.15, 0.2) is 23.4 Å². The van der Waals surface area contributed by atoms with E-state index in [9.17, 15) is 0 Å². The highest BCUT2D eigenvalue weighted by Crippen LogP contribution is 2.25. The molecule has 1 aromatic rings. The maximum absolute atomic E-state index is 8.82. The summed E-state index contributed by atoms with van der Waals surface area (Å²) in [5.41, 5.74) is 0. The van der Waals surface area contributed by atoms with Crippen molar-refractivity contribution in [2.24, 2.45) is 5.92 Å². The first-order valence-corrected chi connectivity index (χ1v) is 5.44. The monoisotopic (exact) mass is 217 g/mol. The summed E-state index contributed by atoms with van der Waals surface area (Å²) in [5.74, 6) is 1.12. The summed E-state index contributed by atoms with van der Waals surface area (Å²) in [6, 6.07) is 3.63. The normalized spacial score (nSPS) is 12.8. The summed E-state index contributed by atoms with van der Waals surface area (Å²) in [4.78, 5) is 4.13. The van der Waals surface area contributed by atoms with E-state index < -0.39 is 0 Å². The molecule has 0 aromatic carbocycles. The first kappa shape index (κ1) is 10.8. The Morgan fingerprint density at radius 3 is 3.08 bits per heavy atom. The number of pyridine rings is 1. The lowest BCUT2D eigenvalue weighted by Gasteiger charge is -2.06. The fraction of sp³-hybridized carbons (Fsp3) is 0.444. The lowest BCUT2D eigenvalue weighted by molar-refractivity contribution is 0.250. The molecule has 0 radical (unpaired) electrons. The molecule has 72 valence electrons. The van der Waals surface area contributed by atoms with Gasteiger partial charge in [-0.1, -0.05) is 18.5 Å². The van der Waals surface area contributed by atoms with Crippen molar-refractivity contribution in [1.29, 1.82) is 0 Å². The SMILES string of the molecule is CC(CO)CSc1ncccc1Cl. The topological polar surface area (TPSA) is 33.1 Å². The molecule has 1 atom stereocenters. The summed E-state index contributed by atoms with van der Waals surface area (Å²) < 4.78 is 0. The fourth-order valence-corrected chi connectivity index (χ4v) is 1.93. The maximum atomic E-state index is 8.82. The van der Waals surface area contributed by atoms with Crippen molar-refractivity contribution in [3.05, 3.63) is 23.4 Å². The number of rotatable bonds is 4. The number of aliphatic hydroxyl groups excluding tert-OH is 1. The van der Waals surface area contributed by atoms with E-state index in [0.29, 0.717) is 5.02 Å². The standard InChI is InChI=1S/C9H12ClNOS/c1-7(5-12)6-13-9-8(10)3-2-4-11-9/h2-4,7,12H,5-6H2,1H3. The third-order valence-corrected chi connectivity index (χ3v) is 3.29. The molecule has 13 heavy (non-hydrogen) atoms. The molecule has 0 spiro atoms. The van der Waals surface area contributed by atoms with E-state index in [1.165, 1.54) is 0 Å². The lowest BCUT2D eigenvalue weighted by atomic mass is 10.2. The second kappa shape index (κ2) is 5.47. The minimum atomic E-state index is 0.206. The van der Waals surface area contributed by atoms with E-state index >= 15 is 0 Å². The molecule has 0 saturated carbocycles. The zero-order valence-corrected chi connectivity index (χ0v) is 8.98. The fourth-order valence-electron chi connectivity index (χ4n) is 0.751. The Balaban J connectivity index is 2.50. The van der Waals surface area contributed by atoms with Gasteiger partial charge in [0.2, 0.25) is 0 Å². The average molecular weight is 218 g/mol. The summed E-state index contributed by atoms with van der Waals surface area (Å²) in [7, 11) is 0. The molecule has 2 nitrogen and oxygen atoms in total. The van der Waals surface area contributed by atoms with Gasteiger partial charge in [-0.2, -0.15) is 0 Å². The van der Waals surface area contributed by atoms with Gasteiger partial charge in [-0.05, 0) is 18.1 Å². The highest BCUT2D eigenvalue weighted by molar-refractivity contribution is 7.99.